The number of pyridine rings is 1. The molecule has 0 aliphatic heterocycles. The summed E-state index contributed by atoms with van der Waals surface area (Å²) in [7, 11) is 0. The van der Waals surface area contributed by atoms with E-state index in [2.05, 4.69) is 43.9 Å². The summed E-state index contributed by atoms with van der Waals surface area (Å²) >= 11 is 1.73. The van der Waals surface area contributed by atoms with Crippen LogP contribution in [0, 0.1) is 0 Å². The van der Waals surface area contributed by atoms with E-state index >= 15 is 0 Å². The van der Waals surface area contributed by atoms with E-state index < -0.39 is 0 Å². The SMILES string of the molecule is CC(NCCc1ncn[nH]1)c1cnc2ccsc2c1. The average Bonchev–Trinajstić information content (AvgIpc) is 3.08. The van der Waals surface area contributed by atoms with Crippen molar-refractivity contribution < 1.29 is 0 Å². The van der Waals surface area contributed by atoms with Crippen molar-refractivity contribution in [2.45, 2.75) is 19.4 Å². The molecule has 0 spiro atoms. The number of thiophene rings is 1. The van der Waals surface area contributed by atoms with Crippen LogP contribution in [0.25, 0.3) is 10.2 Å². The minimum absolute atomic E-state index is 0.280. The highest BCUT2D eigenvalue weighted by Crippen LogP contribution is 2.22. The largest absolute Gasteiger partial charge is 0.310 e. The van der Waals surface area contributed by atoms with Crippen molar-refractivity contribution >= 4 is 21.6 Å². The Labute approximate surface area is 115 Å². The number of hydrogen-bond acceptors (Lipinski definition) is 5. The molecule has 5 nitrogen and oxygen atoms in total. The van der Waals surface area contributed by atoms with Gasteiger partial charge in [-0.1, -0.05) is 0 Å². The summed E-state index contributed by atoms with van der Waals surface area (Å²) in [5.41, 5.74) is 2.29. The molecule has 0 aromatic carbocycles. The van der Waals surface area contributed by atoms with Crippen LogP contribution in [0.1, 0.15) is 24.4 Å². The Morgan fingerprint density at radius 3 is 3.21 bits per heavy atom. The number of nitrogens with zero attached hydrogens (tertiary/aromatic N) is 3. The third-order valence-electron chi connectivity index (χ3n) is 3.10. The molecule has 0 amide bonds. The fourth-order valence-electron chi connectivity index (χ4n) is 1.97. The highest BCUT2D eigenvalue weighted by atomic mass is 32.1. The molecule has 0 fully saturated rings. The van der Waals surface area contributed by atoms with Crippen molar-refractivity contribution in [2.75, 3.05) is 6.54 Å². The number of fused-ring (bicyclic) bond motifs is 1. The van der Waals surface area contributed by atoms with Crippen LogP contribution in [0.5, 0.6) is 0 Å². The first kappa shape index (κ1) is 12.3. The predicted octanol–water partition coefficient (Wildman–Crippen LogP) is 2.31. The van der Waals surface area contributed by atoms with Crippen molar-refractivity contribution in [3.8, 4) is 0 Å². The third kappa shape index (κ3) is 2.80. The molecular weight excluding hydrogens is 258 g/mol. The summed E-state index contributed by atoms with van der Waals surface area (Å²) in [4.78, 5) is 8.56. The van der Waals surface area contributed by atoms with Gasteiger partial charge in [0, 0.05) is 25.2 Å². The van der Waals surface area contributed by atoms with Crippen LogP contribution in [0.15, 0.2) is 30.0 Å². The molecule has 3 heterocycles. The van der Waals surface area contributed by atoms with E-state index in [1.807, 2.05) is 12.3 Å². The second-order valence-corrected chi connectivity index (χ2v) is 5.38. The third-order valence-corrected chi connectivity index (χ3v) is 3.95. The number of rotatable bonds is 5. The maximum atomic E-state index is 4.46. The smallest absolute Gasteiger partial charge is 0.137 e. The second kappa shape index (κ2) is 5.46. The number of hydrogen-bond donors (Lipinski definition) is 2. The zero-order chi connectivity index (χ0) is 13.1. The second-order valence-electron chi connectivity index (χ2n) is 4.43. The molecule has 0 saturated carbocycles. The Hall–Kier alpha value is -1.79. The Bertz CT molecular complexity index is 646. The molecule has 3 aromatic heterocycles. The van der Waals surface area contributed by atoms with Crippen molar-refractivity contribution in [1.29, 1.82) is 0 Å². The van der Waals surface area contributed by atoms with E-state index in [1.54, 1.807) is 11.3 Å². The van der Waals surface area contributed by atoms with Crippen LogP contribution in [0.4, 0.5) is 0 Å². The molecule has 0 radical (unpaired) electrons. The maximum Gasteiger partial charge on any atom is 0.137 e. The van der Waals surface area contributed by atoms with Gasteiger partial charge in [-0.25, -0.2) is 4.98 Å². The van der Waals surface area contributed by atoms with E-state index in [4.69, 9.17) is 0 Å². The molecule has 0 saturated heterocycles. The van der Waals surface area contributed by atoms with Gasteiger partial charge in [-0.05, 0) is 30.0 Å². The molecule has 3 aromatic rings. The van der Waals surface area contributed by atoms with Gasteiger partial charge in [0.05, 0.1) is 10.2 Å². The molecule has 98 valence electrons. The molecule has 3 rings (SSSR count). The minimum atomic E-state index is 0.280. The zero-order valence-electron chi connectivity index (χ0n) is 10.6. The van der Waals surface area contributed by atoms with Gasteiger partial charge in [-0.3, -0.25) is 10.1 Å². The highest BCUT2D eigenvalue weighted by Gasteiger charge is 2.07. The number of H-pyrrole nitrogens is 1. The van der Waals surface area contributed by atoms with Crippen molar-refractivity contribution in [3.63, 3.8) is 0 Å². The first-order chi connectivity index (χ1) is 9.33. The van der Waals surface area contributed by atoms with Gasteiger partial charge in [-0.2, -0.15) is 5.10 Å². The molecule has 2 N–H and O–H groups in total. The van der Waals surface area contributed by atoms with E-state index in [9.17, 15) is 0 Å². The van der Waals surface area contributed by atoms with Gasteiger partial charge < -0.3 is 5.32 Å². The number of aromatic amines is 1. The van der Waals surface area contributed by atoms with Crippen molar-refractivity contribution in [3.05, 3.63) is 41.4 Å². The van der Waals surface area contributed by atoms with Gasteiger partial charge >= 0.3 is 0 Å². The van der Waals surface area contributed by atoms with Gasteiger partial charge in [0.1, 0.15) is 12.2 Å². The molecule has 1 unspecified atom stereocenters. The van der Waals surface area contributed by atoms with Gasteiger partial charge in [-0.15, -0.1) is 11.3 Å². The number of aromatic nitrogens is 4. The van der Waals surface area contributed by atoms with Crippen LogP contribution >= 0.6 is 11.3 Å². The predicted molar refractivity (Wildman–Crippen MR) is 76.1 cm³/mol. The lowest BCUT2D eigenvalue weighted by atomic mass is 10.1. The molecule has 1 atom stereocenters. The van der Waals surface area contributed by atoms with Crippen LogP contribution in [-0.4, -0.2) is 26.7 Å². The lowest BCUT2D eigenvalue weighted by molar-refractivity contribution is 0.570. The summed E-state index contributed by atoms with van der Waals surface area (Å²) in [6.07, 6.45) is 4.33. The monoisotopic (exact) mass is 273 g/mol. The minimum Gasteiger partial charge on any atom is -0.310 e. The molecule has 0 bridgehead atoms. The molecule has 6 heteroatoms. The highest BCUT2D eigenvalue weighted by molar-refractivity contribution is 7.17. The molecular formula is C13H15N5S. The maximum absolute atomic E-state index is 4.46. The Morgan fingerprint density at radius 1 is 1.42 bits per heavy atom. The summed E-state index contributed by atoms with van der Waals surface area (Å²) in [5, 5.41) is 12.2. The van der Waals surface area contributed by atoms with Crippen molar-refractivity contribution in [2.24, 2.45) is 0 Å². The van der Waals surface area contributed by atoms with Crippen LogP contribution in [-0.2, 0) is 6.42 Å². The average molecular weight is 273 g/mol. The standard InChI is InChI=1S/C13H15N5S/c1-9(14-4-2-13-16-8-17-18-13)10-6-12-11(15-7-10)3-5-19-12/h3,5-9,14H,2,4H2,1H3,(H,16,17,18). The summed E-state index contributed by atoms with van der Waals surface area (Å²) in [6.45, 7) is 3.01. The van der Waals surface area contributed by atoms with Crippen LogP contribution < -0.4 is 5.32 Å². The molecule has 0 aliphatic carbocycles. The molecule has 0 aliphatic rings. The van der Waals surface area contributed by atoms with Crippen LogP contribution in [0.2, 0.25) is 0 Å². The summed E-state index contributed by atoms with van der Waals surface area (Å²) in [6, 6.07) is 4.53. The Balaban J connectivity index is 1.61. The fraction of sp³-hybridized carbons (Fsp3) is 0.308. The van der Waals surface area contributed by atoms with Crippen molar-refractivity contribution in [1.82, 2.24) is 25.5 Å². The lowest BCUT2D eigenvalue weighted by Crippen LogP contribution is -2.21. The van der Waals surface area contributed by atoms with E-state index in [0.29, 0.717) is 0 Å². The topological polar surface area (TPSA) is 66.5 Å². The number of nitrogens with one attached hydrogen (secondary N) is 2. The molecule has 19 heavy (non-hydrogen) atoms. The van der Waals surface area contributed by atoms with Gasteiger partial charge in [0.25, 0.3) is 0 Å². The van der Waals surface area contributed by atoms with E-state index in [1.165, 1.54) is 16.6 Å². The summed E-state index contributed by atoms with van der Waals surface area (Å²) < 4.78 is 1.24. The normalized spacial score (nSPS) is 12.9. The lowest BCUT2D eigenvalue weighted by Gasteiger charge is -2.13. The van der Waals surface area contributed by atoms with Gasteiger partial charge in [0.2, 0.25) is 0 Å². The van der Waals surface area contributed by atoms with Gasteiger partial charge in [0.15, 0.2) is 0 Å². The Morgan fingerprint density at radius 2 is 2.37 bits per heavy atom. The van der Waals surface area contributed by atoms with Crippen LogP contribution in [0.3, 0.4) is 0 Å². The Kier molecular flexibility index (Phi) is 3.52. The zero-order valence-corrected chi connectivity index (χ0v) is 11.4. The summed E-state index contributed by atoms with van der Waals surface area (Å²) in [5.74, 6) is 0.909. The van der Waals surface area contributed by atoms with E-state index in [-0.39, 0.29) is 6.04 Å². The fourth-order valence-corrected chi connectivity index (χ4v) is 2.76. The first-order valence-electron chi connectivity index (χ1n) is 6.24. The van der Waals surface area contributed by atoms with E-state index in [0.717, 1.165) is 24.3 Å². The quantitative estimate of drug-likeness (QED) is 0.748. The first-order valence-corrected chi connectivity index (χ1v) is 7.11.